The molecule has 0 saturated heterocycles. The lowest BCUT2D eigenvalue weighted by Gasteiger charge is -2.13. The first-order valence-corrected chi connectivity index (χ1v) is 11.2. The van der Waals surface area contributed by atoms with E-state index in [2.05, 4.69) is 20.9 Å². The van der Waals surface area contributed by atoms with E-state index < -0.39 is 0 Å². The molecule has 0 spiro atoms. The van der Waals surface area contributed by atoms with Crippen LogP contribution in [0.3, 0.4) is 0 Å². The van der Waals surface area contributed by atoms with Crippen LogP contribution in [-0.4, -0.2) is 16.9 Å². The van der Waals surface area contributed by atoms with Crippen molar-refractivity contribution >= 4 is 55.9 Å². The van der Waals surface area contributed by atoms with Crippen molar-refractivity contribution in [1.82, 2.24) is 10.3 Å². The van der Waals surface area contributed by atoms with Gasteiger partial charge in [0.1, 0.15) is 0 Å². The van der Waals surface area contributed by atoms with Gasteiger partial charge in [0.2, 0.25) is 0 Å². The Morgan fingerprint density at radius 1 is 1.00 bits per heavy atom. The van der Waals surface area contributed by atoms with Gasteiger partial charge in [-0.2, -0.15) is 0 Å². The quantitative estimate of drug-likeness (QED) is 0.320. The number of carbonyl (C=O) groups is 2. The zero-order valence-electron chi connectivity index (χ0n) is 17.5. The molecule has 8 heteroatoms. The summed E-state index contributed by atoms with van der Waals surface area (Å²) >= 11 is 7.52. The second-order valence-electron chi connectivity index (χ2n) is 7.32. The van der Waals surface area contributed by atoms with Gasteiger partial charge in [0.15, 0.2) is 5.13 Å². The predicted octanol–water partition coefficient (Wildman–Crippen LogP) is 6.39. The van der Waals surface area contributed by atoms with Crippen LogP contribution >= 0.6 is 22.9 Å². The van der Waals surface area contributed by atoms with Crippen molar-refractivity contribution in [1.29, 1.82) is 0 Å². The summed E-state index contributed by atoms with van der Waals surface area (Å²) in [4.78, 5) is 29.6. The summed E-state index contributed by atoms with van der Waals surface area (Å²) in [7, 11) is 0. The number of benzene rings is 3. The molecule has 1 heterocycles. The largest absolute Gasteiger partial charge is 0.331 e. The Kier molecular flexibility index (Phi) is 6.39. The Morgan fingerprint density at radius 3 is 2.53 bits per heavy atom. The van der Waals surface area contributed by atoms with E-state index in [1.807, 2.05) is 56.3 Å². The first-order valence-electron chi connectivity index (χ1n) is 10.0. The Hall–Kier alpha value is -3.42. The van der Waals surface area contributed by atoms with Crippen LogP contribution in [0.15, 0.2) is 66.7 Å². The third kappa shape index (κ3) is 4.90. The molecule has 0 aliphatic heterocycles. The minimum Gasteiger partial charge on any atom is -0.331 e. The number of aryl methyl sites for hydroxylation is 1. The van der Waals surface area contributed by atoms with Gasteiger partial charge >= 0.3 is 6.03 Å². The lowest BCUT2D eigenvalue weighted by molar-refractivity contribution is 0.102. The lowest BCUT2D eigenvalue weighted by atomic mass is 10.1. The smallest absolute Gasteiger partial charge is 0.321 e. The number of fused-ring (bicyclic) bond motifs is 1. The number of hydrogen-bond acceptors (Lipinski definition) is 4. The number of para-hydroxylation sites is 1. The van der Waals surface area contributed by atoms with E-state index in [4.69, 9.17) is 11.6 Å². The number of nitrogens with zero attached hydrogens (tertiary/aromatic N) is 1. The van der Waals surface area contributed by atoms with Crippen LogP contribution in [0, 0.1) is 6.92 Å². The summed E-state index contributed by atoms with van der Waals surface area (Å²) < 4.78 is 0.792. The molecular formula is C24H21ClN4O2S. The molecule has 3 aromatic carbocycles. The van der Waals surface area contributed by atoms with Gasteiger partial charge in [-0.3, -0.25) is 10.1 Å². The molecule has 4 aromatic rings. The number of nitrogens with one attached hydrogen (secondary N) is 3. The molecule has 0 fully saturated rings. The maximum Gasteiger partial charge on any atom is 0.321 e. The lowest BCUT2D eigenvalue weighted by Crippen LogP contribution is -2.31. The van der Waals surface area contributed by atoms with Crippen LogP contribution in [0.5, 0.6) is 0 Å². The van der Waals surface area contributed by atoms with Crippen LogP contribution in [0.25, 0.3) is 10.2 Å². The summed E-state index contributed by atoms with van der Waals surface area (Å²) in [6.07, 6.45) is 0. The molecule has 3 N–H and O–H groups in total. The fraction of sp³-hybridized carbons (Fsp3) is 0.125. The average molecular weight is 465 g/mol. The number of hydrogen-bond donors (Lipinski definition) is 3. The highest BCUT2D eigenvalue weighted by molar-refractivity contribution is 7.22. The van der Waals surface area contributed by atoms with Crippen LogP contribution in [0.1, 0.15) is 34.5 Å². The molecule has 3 amide bonds. The Bertz CT molecular complexity index is 1270. The number of urea groups is 1. The molecule has 1 atom stereocenters. The molecule has 0 saturated carbocycles. The van der Waals surface area contributed by atoms with Gasteiger partial charge in [0.25, 0.3) is 5.91 Å². The van der Waals surface area contributed by atoms with Gasteiger partial charge in [-0.05, 0) is 49.2 Å². The van der Waals surface area contributed by atoms with E-state index in [9.17, 15) is 9.59 Å². The number of rotatable bonds is 5. The molecule has 162 valence electrons. The van der Waals surface area contributed by atoms with Gasteiger partial charge in [-0.1, -0.05) is 65.4 Å². The average Bonchev–Trinajstić information content (AvgIpc) is 3.18. The van der Waals surface area contributed by atoms with Crippen molar-refractivity contribution < 1.29 is 9.59 Å². The van der Waals surface area contributed by atoms with E-state index in [0.717, 1.165) is 15.8 Å². The third-order valence-electron chi connectivity index (χ3n) is 4.98. The number of thiazole rings is 1. The van der Waals surface area contributed by atoms with Crippen molar-refractivity contribution in [3.05, 3.63) is 88.4 Å². The molecule has 0 bridgehead atoms. The highest BCUT2D eigenvalue weighted by Crippen LogP contribution is 2.29. The number of carbonyl (C=O) groups excluding carboxylic acids is 2. The van der Waals surface area contributed by atoms with Gasteiger partial charge < -0.3 is 10.6 Å². The standard InChI is InChI=1S/C24H21ClN4O2S/c1-14-7-6-10-18(25)21(14)28-22(30)17-11-12-19-20(13-17)32-24(27-19)29-23(31)26-15(2)16-8-4-3-5-9-16/h3-13,15H,1-2H3,(H,28,30)(H2,26,27,29,31)/t15-/m0/s1. The molecule has 1 aromatic heterocycles. The molecule has 32 heavy (non-hydrogen) atoms. The molecule has 0 aliphatic carbocycles. The normalized spacial score (nSPS) is 11.7. The van der Waals surface area contributed by atoms with Crippen molar-refractivity contribution in [2.75, 3.05) is 10.6 Å². The minimum atomic E-state index is -0.340. The molecule has 6 nitrogen and oxygen atoms in total. The first-order chi connectivity index (χ1) is 15.4. The molecular weight excluding hydrogens is 444 g/mol. The number of anilines is 2. The van der Waals surface area contributed by atoms with E-state index in [0.29, 0.717) is 26.9 Å². The van der Waals surface area contributed by atoms with E-state index >= 15 is 0 Å². The monoisotopic (exact) mass is 464 g/mol. The molecule has 0 unspecified atom stereocenters. The Labute approximate surface area is 194 Å². The van der Waals surface area contributed by atoms with Gasteiger partial charge in [-0.25, -0.2) is 9.78 Å². The summed E-state index contributed by atoms with van der Waals surface area (Å²) in [6.45, 7) is 3.80. The highest BCUT2D eigenvalue weighted by Gasteiger charge is 2.14. The number of halogens is 1. The summed E-state index contributed by atoms with van der Waals surface area (Å²) in [5.74, 6) is -0.263. The van der Waals surface area contributed by atoms with E-state index in [1.54, 1.807) is 24.3 Å². The van der Waals surface area contributed by atoms with Crippen molar-refractivity contribution in [3.8, 4) is 0 Å². The predicted molar refractivity (Wildman–Crippen MR) is 131 cm³/mol. The second kappa shape index (κ2) is 9.38. The van der Waals surface area contributed by atoms with Crippen molar-refractivity contribution in [2.24, 2.45) is 0 Å². The minimum absolute atomic E-state index is 0.144. The van der Waals surface area contributed by atoms with E-state index in [-0.39, 0.29) is 18.0 Å². The van der Waals surface area contributed by atoms with Gasteiger partial charge in [0.05, 0.1) is 27.0 Å². The first kappa shape index (κ1) is 21.8. The molecule has 0 aliphatic rings. The Balaban J connectivity index is 1.45. The van der Waals surface area contributed by atoms with Crippen LogP contribution in [0.2, 0.25) is 5.02 Å². The fourth-order valence-corrected chi connectivity index (χ4v) is 4.42. The SMILES string of the molecule is Cc1cccc(Cl)c1NC(=O)c1ccc2nc(NC(=O)N[C@@H](C)c3ccccc3)sc2c1. The summed E-state index contributed by atoms with van der Waals surface area (Å²) in [6, 6.07) is 19.9. The van der Waals surface area contributed by atoms with Gasteiger partial charge in [-0.15, -0.1) is 0 Å². The Morgan fingerprint density at radius 2 is 1.78 bits per heavy atom. The van der Waals surface area contributed by atoms with Crippen LogP contribution in [0.4, 0.5) is 15.6 Å². The topological polar surface area (TPSA) is 83.1 Å². The maximum atomic E-state index is 12.7. The van der Waals surface area contributed by atoms with Crippen molar-refractivity contribution in [2.45, 2.75) is 19.9 Å². The zero-order valence-corrected chi connectivity index (χ0v) is 19.1. The maximum absolute atomic E-state index is 12.7. The fourth-order valence-electron chi connectivity index (χ4n) is 3.25. The highest BCUT2D eigenvalue weighted by atomic mass is 35.5. The third-order valence-corrected chi connectivity index (χ3v) is 6.23. The van der Waals surface area contributed by atoms with Crippen LogP contribution < -0.4 is 16.0 Å². The summed E-state index contributed by atoms with van der Waals surface area (Å²) in [5.41, 5.74) is 3.67. The van der Waals surface area contributed by atoms with Crippen LogP contribution in [-0.2, 0) is 0 Å². The van der Waals surface area contributed by atoms with Gasteiger partial charge in [0, 0.05) is 5.56 Å². The molecule has 0 radical (unpaired) electrons. The number of aromatic nitrogens is 1. The van der Waals surface area contributed by atoms with E-state index in [1.165, 1.54) is 11.3 Å². The summed E-state index contributed by atoms with van der Waals surface area (Å²) in [5, 5.41) is 9.48. The van der Waals surface area contributed by atoms with Crippen molar-refractivity contribution in [3.63, 3.8) is 0 Å². The zero-order chi connectivity index (χ0) is 22.7. The molecule has 4 rings (SSSR count). The second-order valence-corrected chi connectivity index (χ2v) is 8.76. The number of amides is 3.